The molecule has 7 heteroatoms. The Morgan fingerprint density at radius 1 is 1.00 bits per heavy atom. The van der Waals surface area contributed by atoms with Crippen LogP contribution >= 0.6 is 0 Å². The second-order valence-corrected chi connectivity index (χ2v) is 9.61. The van der Waals surface area contributed by atoms with Crippen molar-refractivity contribution in [1.82, 2.24) is 0 Å². The van der Waals surface area contributed by atoms with Crippen molar-refractivity contribution in [2.75, 3.05) is 31.7 Å². The fourth-order valence-electron chi connectivity index (χ4n) is 4.41. The molecule has 1 fully saturated rings. The zero-order valence-corrected chi connectivity index (χ0v) is 22.0. The first-order valence-electron chi connectivity index (χ1n) is 12.4. The van der Waals surface area contributed by atoms with Crippen molar-refractivity contribution in [3.63, 3.8) is 0 Å². The second-order valence-electron chi connectivity index (χ2n) is 9.61. The molecule has 2 atom stereocenters. The molecule has 0 bridgehead atoms. The van der Waals surface area contributed by atoms with Crippen LogP contribution in [0.15, 0.2) is 36.4 Å². The van der Waals surface area contributed by atoms with Gasteiger partial charge in [-0.2, -0.15) is 0 Å². The minimum atomic E-state index is -0.422. The van der Waals surface area contributed by atoms with Crippen LogP contribution in [0.5, 0.6) is 17.2 Å². The van der Waals surface area contributed by atoms with Crippen LogP contribution in [0.25, 0.3) is 0 Å². The molecule has 0 unspecified atom stereocenters. The summed E-state index contributed by atoms with van der Waals surface area (Å²) >= 11 is 0. The smallest absolute Gasteiger partial charge is 0.255 e. The molecular formula is C28H39NO6. The number of ether oxygens (including phenoxy) is 5. The van der Waals surface area contributed by atoms with E-state index in [9.17, 15) is 4.79 Å². The van der Waals surface area contributed by atoms with E-state index in [-0.39, 0.29) is 17.4 Å². The first-order chi connectivity index (χ1) is 16.7. The van der Waals surface area contributed by atoms with E-state index in [4.69, 9.17) is 23.7 Å². The Morgan fingerprint density at radius 3 is 2.09 bits per heavy atom. The Hall–Kier alpha value is -2.77. The van der Waals surface area contributed by atoms with Gasteiger partial charge in [0.15, 0.2) is 17.8 Å². The number of hydrogen-bond acceptors (Lipinski definition) is 6. The van der Waals surface area contributed by atoms with Gasteiger partial charge in [-0.1, -0.05) is 39.8 Å². The first-order valence-corrected chi connectivity index (χ1v) is 12.4. The predicted molar refractivity (Wildman–Crippen MR) is 137 cm³/mol. The van der Waals surface area contributed by atoms with Gasteiger partial charge in [-0.25, -0.2) is 0 Å². The largest absolute Gasteiger partial charge is 0.490 e. The van der Waals surface area contributed by atoms with Crippen molar-refractivity contribution >= 4 is 11.6 Å². The molecule has 2 aromatic carbocycles. The maximum absolute atomic E-state index is 13.1. The number of carbonyl (C=O) groups is 1. The molecular weight excluding hydrogens is 446 g/mol. The van der Waals surface area contributed by atoms with Crippen molar-refractivity contribution < 1.29 is 28.5 Å². The normalized spacial score (nSPS) is 19.3. The topological polar surface area (TPSA) is 75.3 Å². The average molecular weight is 486 g/mol. The summed E-state index contributed by atoms with van der Waals surface area (Å²) in [5.74, 6) is 1.58. The molecule has 3 rings (SSSR count). The Balaban J connectivity index is 1.76. The lowest BCUT2D eigenvalue weighted by atomic mass is 9.80. The van der Waals surface area contributed by atoms with Gasteiger partial charge in [0.2, 0.25) is 5.75 Å². The van der Waals surface area contributed by atoms with E-state index in [2.05, 4.69) is 33.0 Å². The van der Waals surface area contributed by atoms with E-state index in [1.807, 2.05) is 45.0 Å². The Morgan fingerprint density at radius 2 is 1.57 bits per heavy atom. The average Bonchev–Trinajstić information content (AvgIpc) is 2.81. The van der Waals surface area contributed by atoms with Gasteiger partial charge < -0.3 is 29.0 Å². The van der Waals surface area contributed by atoms with Gasteiger partial charge in [0.1, 0.15) is 0 Å². The van der Waals surface area contributed by atoms with Crippen molar-refractivity contribution in [1.29, 1.82) is 0 Å². The summed E-state index contributed by atoms with van der Waals surface area (Å²) in [4.78, 5) is 13.1. The number of nitrogens with one attached hydrogen (secondary N) is 1. The Bertz CT molecular complexity index is 958. The maximum atomic E-state index is 13.1. The second kappa shape index (κ2) is 11.8. The number of carbonyl (C=O) groups excluding carboxylic acids is 1. The number of rotatable bonds is 10. The zero-order chi connectivity index (χ0) is 25.6. The van der Waals surface area contributed by atoms with Crippen LogP contribution in [-0.2, 0) is 9.47 Å². The third kappa shape index (κ3) is 6.47. The van der Waals surface area contributed by atoms with Crippen LogP contribution < -0.4 is 19.5 Å². The van der Waals surface area contributed by atoms with Crippen LogP contribution in [0.3, 0.4) is 0 Å². The van der Waals surface area contributed by atoms with Crippen molar-refractivity contribution in [3.05, 3.63) is 47.5 Å². The van der Waals surface area contributed by atoms with Gasteiger partial charge in [0, 0.05) is 22.2 Å². The molecule has 2 aromatic rings. The number of amides is 1. The molecule has 35 heavy (non-hydrogen) atoms. The van der Waals surface area contributed by atoms with Crippen LogP contribution in [-0.4, -0.2) is 38.4 Å². The van der Waals surface area contributed by atoms with E-state index < -0.39 is 6.29 Å². The number of benzene rings is 2. The predicted octanol–water partition coefficient (Wildman–Crippen LogP) is 6.23. The molecule has 1 amide bonds. The van der Waals surface area contributed by atoms with E-state index in [1.165, 1.54) is 0 Å². The van der Waals surface area contributed by atoms with Gasteiger partial charge in [-0.05, 0) is 51.0 Å². The highest BCUT2D eigenvalue weighted by molar-refractivity contribution is 6.05. The quantitative estimate of drug-likeness (QED) is 0.430. The lowest BCUT2D eigenvalue weighted by Gasteiger charge is -2.44. The molecule has 1 heterocycles. The first kappa shape index (κ1) is 26.8. The minimum absolute atomic E-state index is 0.0447. The van der Waals surface area contributed by atoms with Crippen LogP contribution in [0.2, 0.25) is 0 Å². The SMILES string of the molecule is CCOc1cc(C(=O)Nc2ccc([C@H]3OCC(C)(C)[C@@H](C(C)C)O3)cc2)cc(OCC)c1OCC. The van der Waals surface area contributed by atoms with Crippen LogP contribution in [0.4, 0.5) is 5.69 Å². The van der Waals surface area contributed by atoms with Gasteiger partial charge >= 0.3 is 0 Å². The molecule has 1 aliphatic rings. The summed E-state index contributed by atoms with van der Waals surface area (Å²) in [6.45, 7) is 16.3. The van der Waals surface area contributed by atoms with E-state index in [1.54, 1.807) is 12.1 Å². The van der Waals surface area contributed by atoms with Gasteiger partial charge in [-0.3, -0.25) is 4.79 Å². The van der Waals surface area contributed by atoms with Crippen LogP contribution in [0, 0.1) is 11.3 Å². The monoisotopic (exact) mass is 485 g/mol. The van der Waals surface area contributed by atoms with E-state index in [0.717, 1.165) is 5.56 Å². The lowest BCUT2D eigenvalue weighted by molar-refractivity contribution is -0.274. The van der Waals surface area contributed by atoms with E-state index in [0.29, 0.717) is 60.8 Å². The van der Waals surface area contributed by atoms with Gasteiger partial charge in [0.25, 0.3) is 5.91 Å². The molecule has 7 nitrogen and oxygen atoms in total. The summed E-state index contributed by atoms with van der Waals surface area (Å²) in [6.07, 6.45) is -0.326. The number of anilines is 1. The molecule has 1 saturated heterocycles. The summed E-state index contributed by atoms with van der Waals surface area (Å²) in [7, 11) is 0. The standard InChI is InChI=1S/C28H39NO6/c1-8-31-22-15-20(16-23(32-9-2)24(22)33-10-3)26(30)29-21-13-11-19(12-14-21)27-34-17-28(6,7)25(35-27)18(4)5/h11-16,18,25,27H,8-10,17H2,1-7H3,(H,29,30)/t25-,27+/m1/s1. The molecule has 1 N–H and O–H groups in total. The third-order valence-electron chi connectivity index (χ3n) is 5.86. The Kier molecular flexibility index (Phi) is 9.03. The fourth-order valence-corrected chi connectivity index (χ4v) is 4.41. The summed E-state index contributed by atoms with van der Waals surface area (Å²) in [5.41, 5.74) is 1.96. The molecule has 0 radical (unpaired) electrons. The lowest BCUT2D eigenvalue weighted by Crippen LogP contribution is -2.45. The summed E-state index contributed by atoms with van der Waals surface area (Å²) < 4.78 is 29.5. The molecule has 0 aromatic heterocycles. The molecule has 0 aliphatic carbocycles. The van der Waals surface area contributed by atoms with Crippen molar-refractivity contribution in [2.24, 2.45) is 11.3 Å². The van der Waals surface area contributed by atoms with Gasteiger partial charge in [-0.15, -0.1) is 0 Å². The minimum Gasteiger partial charge on any atom is -0.490 e. The summed E-state index contributed by atoms with van der Waals surface area (Å²) in [5, 5.41) is 2.95. The Labute approximate surface area is 209 Å². The summed E-state index contributed by atoms with van der Waals surface area (Å²) in [6, 6.07) is 10.9. The maximum Gasteiger partial charge on any atom is 0.255 e. The van der Waals surface area contributed by atoms with Crippen molar-refractivity contribution in [3.8, 4) is 17.2 Å². The molecule has 192 valence electrons. The van der Waals surface area contributed by atoms with Crippen LogP contribution in [0.1, 0.15) is 70.7 Å². The molecule has 0 spiro atoms. The van der Waals surface area contributed by atoms with E-state index >= 15 is 0 Å². The highest BCUT2D eigenvalue weighted by atomic mass is 16.7. The fraction of sp³-hybridized carbons (Fsp3) is 0.536. The molecule has 1 aliphatic heterocycles. The number of hydrogen-bond donors (Lipinski definition) is 1. The molecule has 0 saturated carbocycles. The highest BCUT2D eigenvalue weighted by Gasteiger charge is 2.40. The van der Waals surface area contributed by atoms with Crippen molar-refractivity contribution in [2.45, 2.75) is 60.9 Å². The third-order valence-corrected chi connectivity index (χ3v) is 5.86. The highest BCUT2D eigenvalue weighted by Crippen LogP contribution is 2.41. The zero-order valence-electron chi connectivity index (χ0n) is 22.0. The van der Waals surface area contributed by atoms with Gasteiger partial charge in [0.05, 0.1) is 32.5 Å².